The first-order valence-corrected chi connectivity index (χ1v) is 7.92. The van der Waals surface area contributed by atoms with Gasteiger partial charge in [-0.3, -0.25) is 0 Å². The van der Waals surface area contributed by atoms with Crippen molar-refractivity contribution in [3.05, 3.63) is 0 Å². The minimum absolute atomic E-state index is 0.260. The Morgan fingerprint density at radius 3 is 2.65 bits per heavy atom. The molecule has 5 nitrogen and oxygen atoms in total. The van der Waals surface area contributed by atoms with Gasteiger partial charge in [-0.1, -0.05) is 13.8 Å². The first-order chi connectivity index (χ1) is 9.46. The third-order valence-electron chi connectivity index (χ3n) is 6.21. The van der Waals surface area contributed by atoms with Crippen LogP contribution in [0.15, 0.2) is 0 Å². The molecule has 8 atom stereocenters. The maximum Gasteiger partial charge on any atom is 0.201 e. The SMILES string of the molecule is C[C@H]1[C@H](N)O[C@@H]2O[C@@]3(C)CC[C@H]4[C@H](C)CC[C@@H]1[C@@]24OO3. The third kappa shape index (κ3) is 1.56. The molecule has 5 fully saturated rings. The predicted molar refractivity (Wildman–Crippen MR) is 71.0 cm³/mol. The molecule has 0 aromatic rings. The average molecular weight is 283 g/mol. The summed E-state index contributed by atoms with van der Waals surface area (Å²) in [5.74, 6) is 0.936. The fourth-order valence-corrected chi connectivity index (χ4v) is 4.93. The van der Waals surface area contributed by atoms with Crippen LogP contribution in [0, 0.1) is 23.7 Å². The lowest BCUT2D eigenvalue weighted by Gasteiger charge is -2.60. The van der Waals surface area contributed by atoms with E-state index >= 15 is 0 Å². The van der Waals surface area contributed by atoms with E-state index in [1.807, 2.05) is 6.92 Å². The Kier molecular flexibility index (Phi) is 2.81. The van der Waals surface area contributed by atoms with Crippen molar-refractivity contribution in [1.82, 2.24) is 0 Å². The molecule has 1 aliphatic carbocycles. The van der Waals surface area contributed by atoms with E-state index < -0.39 is 17.7 Å². The highest BCUT2D eigenvalue weighted by atomic mass is 17.3. The second kappa shape index (κ2) is 4.17. The molecular formula is C15H25NO4. The molecule has 5 aliphatic rings. The monoisotopic (exact) mass is 283 g/mol. The van der Waals surface area contributed by atoms with Crippen LogP contribution in [0.25, 0.3) is 0 Å². The van der Waals surface area contributed by atoms with Crippen molar-refractivity contribution in [2.24, 2.45) is 29.4 Å². The van der Waals surface area contributed by atoms with Crippen LogP contribution in [0.5, 0.6) is 0 Å². The van der Waals surface area contributed by atoms with E-state index in [9.17, 15) is 0 Å². The van der Waals surface area contributed by atoms with Crippen LogP contribution < -0.4 is 5.73 Å². The van der Waals surface area contributed by atoms with Crippen LogP contribution in [-0.4, -0.2) is 23.9 Å². The summed E-state index contributed by atoms with van der Waals surface area (Å²) in [4.78, 5) is 11.7. The first-order valence-electron chi connectivity index (χ1n) is 7.92. The molecule has 4 heterocycles. The molecule has 1 spiro atoms. The molecule has 114 valence electrons. The zero-order valence-corrected chi connectivity index (χ0v) is 12.5. The molecule has 5 heteroatoms. The van der Waals surface area contributed by atoms with E-state index in [0.717, 1.165) is 19.3 Å². The zero-order valence-electron chi connectivity index (χ0n) is 12.5. The Morgan fingerprint density at radius 2 is 1.85 bits per heavy atom. The highest BCUT2D eigenvalue weighted by Crippen LogP contribution is 2.60. The predicted octanol–water partition coefficient (Wildman–Crippen LogP) is 2.15. The number of fused-ring (bicyclic) bond motifs is 2. The normalized spacial score (nSPS) is 61.8. The smallest absolute Gasteiger partial charge is 0.201 e. The Labute approximate surface area is 120 Å². The minimum Gasteiger partial charge on any atom is -0.331 e. The number of rotatable bonds is 0. The molecule has 4 saturated heterocycles. The van der Waals surface area contributed by atoms with Crippen molar-refractivity contribution in [2.75, 3.05) is 0 Å². The van der Waals surface area contributed by atoms with Crippen LogP contribution in [0.2, 0.25) is 0 Å². The molecule has 0 aromatic carbocycles. The summed E-state index contributed by atoms with van der Waals surface area (Å²) in [5, 5.41) is 0. The summed E-state index contributed by atoms with van der Waals surface area (Å²) in [5.41, 5.74) is 5.71. The summed E-state index contributed by atoms with van der Waals surface area (Å²) in [6.07, 6.45) is 3.57. The van der Waals surface area contributed by atoms with Gasteiger partial charge in [-0.05, 0) is 38.0 Å². The van der Waals surface area contributed by atoms with Gasteiger partial charge in [0.25, 0.3) is 0 Å². The van der Waals surface area contributed by atoms with Gasteiger partial charge in [0.15, 0.2) is 11.9 Å². The van der Waals surface area contributed by atoms with Gasteiger partial charge in [-0.15, -0.1) is 0 Å². The highest BCUT2D eigenvalue weighted by Gasteiger charge is 2.68. The Bertz CT molecular complexity index is 415. The third-order valence-corrected chi connectivity index (χ3v) is 6.21. The molecule has 0 amide bonds. The molecule has 0 unspecified atom stereocenters. The van der Waals surface area contributed by atoms with Crippen LogP contribution >= 0.6 is 0 Å². The maximum absolute atomic E-state index is 6.18. The van der Waals surface area contributed by atoms with Crippen molar-refractivity contribution in [2.45, 2.75) is 70.4 Å². The number of ether oxygens (including phenoxy) is 2. The van der Waals surface area contributed by atoms with Crippen molar-refractivity contribution >= 4 is 0 Å². The van der Waals surface area contributed by atoms with Gasteiger partial charge in [0.1, 0.15) is 6.23 Å². The Balaban J connectivity index is 1.82. The van der Waals surface area contributed by atoms with Crippen LogP contribution in [0.3, 0.4) is 0 Å². The van der Waals surface area contributed by atoms with Crippen LogP contribution in [0.4, 0.5) is 0 Å². The van der Waals surface area contributed by atoms with Gasteiger partial charge in [-0.2, -0.15) is 0 Å². The second-order valence-corrected chi connectivity index (χ2v) is 7.37. The summed E-state index contributed by atoms with van der Waals surface area (Å²) >= 11 is 0. The van der Waals surface area contributed by atoms with Gasteiger partial charge in [-0.25, -0.2) is 9.78 Å². The lowest BCUT2D eigenvalue weighted by Crippen LogP contribution is -2.71. The number of hydrogen-bond donors (Lipinski definition) is 1. The zero-order chi connectivity index (χ0) is 14.1. The number of hydrogen-bond acceptors (Lipinski definition) is 5. The Morgan fingerprint density at radius 1 is 1.05 bits per heavy atom. The molecule has 4 aliphatic heterocycles. The van der Waals surface area contributed by atoms with E-state index in [0.29, 0.717) is 17.8 Å². The summed E-state index contributed by atoms with van der Waals surface area (Å²) < 4.78 is 12.2. The van der Waals surface area contributed by atoms with E-state index in [4.69, 9.17) is 25.0 Å². The van der Waals surface area contributed by atoms with Crippen LogP contribution in [0.1, 0.15) is 46.5 Å². The molecular weight excluding hydrogens is 258 g/mol. The van der Waals surface area contributed by atoms with Crippen molar-refractivity contribution < 1.29 is 19.2 Å². The molecule has 2 bridgehead atoms. The Hall–Kier alpha value is -0.200. The largest absolute Gasteiger partial charge is 0.331 e. The molecule has 20 heavy (non-hydrogen) atoms. The standard InChI is InChI=1S/C15H25NO4/c1-8-4-5-11-9(2)12(16)17-13-15(11)10(8)6-7-14(3,18-13)19-20-15/h8-13H,4-7,16H2,1-3H3/t8-,9-,10+,11+,12-,13-,14-,15-/m1/s1. The first kappa shape index (κ1) is 13.5. The van der Waals surface area contributed by atoms with Crippen molar-refractivity contribution in [1.29, 1.82) is 0 Å². The second-order valence-electron chi connectivity index (χ2n) is 7.37. The van der Waals surface area contributed by atoms with Gasteiger partial charge in [0.05, 0.1) is 0 Å². The van der Waals surface area contributed by atoms with E-state index in [1.54, 1.807) is 0 Å². The molecule has 1 saturated carbocycles. The van der Waals surface area contributed by atoms with Gasteiger partial charge >= 0.3 is 0 Å². The van der Waals surface area contributed by atoms with Gasteiger partial charge in [0.2, 0.25) is 5.79 Å². The van der Waals surface area contributed by atoms with Gasteiger partial charge < -0.3 is 15.2 Å². The van der Waals surface area contributed by atoms with Crippen molar-refractivity contribution in [3.63, 3.8) is 0 Å². The molecule has 5 rings (SSSR count). The lowest BCUT2D eigenvalue weighted by molar-refractivity contribution is -0.570. The quantitative estimate of drug-likeness (QED) is 0.690. The molecule has 2 N–H and O–H groups in total. The van der Waals surface area contributed by atoms with Crippen LogP contribution in [-0.2, 0) is 19.2 Å². The molecule has 0 radical (unpaired) electrons. The fraction of sp³-hybridized carbons (Fsp3) is 1.00. The fourth-order valence-electron chi connectivity index (χ4n) is 4.93. The lowest BCUT2D eigenvalue weighted by atomic mass is 9.58. The summed E-state index contributed by atoms with van der Waals surface area (Å²) in [6.45, 7) is 6.41. The summed E-state index contributed by atoms with van der Waals surface area (Å²) in [7, 11) is 0. The summed E-state index contributed by atoms with van der Waals surface area (Å²) in [6, 6.07) is 0. The average Bonchev–Trinajstić information content (AvgIpc) is 2.63. The number of nitrogens with two attached hydrogens (primary N) is 1. The van der Waals surface area contributed by atoms with Crippen molar-refractivity contribution in [3.8, 4) is 0 Å². The highest BCUT2D eigenvalue weighted by molar-refractivity contribution is 5.09. The minimum atomic E-state index is -0.697. The molecule has 0 aromatic heterocycles. The topological polar surface area (TPSA) is 62.9 Å². The van der Waals surface area contributed by atoms with E-state index in [2.05, 4.69) is 13.8 Å². The van der Waals surface area contributed by atoms with E-state index in [-0.39, 0.29) is 12.1 Å². The maximum atomic E-state index is 6.18. The van der Waals surface area contributed by atoms with E-state index in [1.165, 1.54) is 6.42 Å². The van der Waals surface area contributed by atoms with Gasteiger partial charge in [0, 0.05) is 18.3 Å².